The largest absolute Gasteiger partial charge is 0.522 e. The Balaban J connectivity index is 0.000000195. The van der Waals surface area contributed by atoms with Gasteiger partial charge in [-0.1, -0.05) is 37.0 Å². The van der Waals surface area contributed by atoms with Crippen LogP contribution >= 0.6 is 23.2 Å². The Bertz CT molecular complexity index is 3640. The summed E-state index contributed by atoms with van der Waals surface area (Å²) in [6.07, 6.45) is -6.78. The van der Waals surface area contributed by atoms with Gasteiger partial charge in [0.25, 0.3) is 5.91 Å². The summed E-state index contributed by atoms with van der Waals surface area (Å²) in [4.78, 5) is 67.0. The highest BCUT2D eigenvalue weighted by Crippen LogP contribution is 2.45. The number of hydrazine groups is 2. The molecule has 0 spiro atoms. The second-order valence-corrected chi connectivity index (χ2v) is 29.8. The van der Waals surface area contributed by atoms with Gasteiger partial charge in [-0.15, -0.1) is 73.1 Å². The topological polar surface area (TPSA) is 376 Å². The fraction of sp³-hybridized carbons (Fsp3) is 0.686. The predicted molar refractivity (Wildman–Crippen MR) is 364 cm³/mol. The molecule has 2 aromatic heterocycles. The minimum absolute atomic E-state index is 0.0160. The Hall–Kier alpha value is -7.50. The number of nitrogens with one attached hydrogen (secondary N) is 4. The summed E-state index contributed by atoms with van der Waals surface area (Å²) in [5.41, 5.74) is 12.4. The third kappa shape index (κ3) is 32.1. The zero-order valence-corrected chi connectivity index (χ0v) is 62.2. The van der Waals surface area contributed by atoms with E-state index in [-0.39, 0.29) is 139 Å². The number of aromatic nitrogens is 4. The molecule has 8 aliphatic carbocycles. The maximum Gasteiger partial charge on any atom is 0.522 e. The standard InChI is InChI=1S/C21H22ClF4N3O4.C14H21F3N2O3.C13H18F3N3O2.C8H6ClFO3.C8H14O2.C6H9F3N2O2/c22-16-6-5-14(9-17(16)23)31-10-18(30)27-13-3-1-11(2-4-13)19-28-29-20(32-19)12-7-15(8-12)33-21(24,25)26;1-8-2-4-9(5-3-8)12(20)18-19-13(21)10-6-11(7-10)22-14(15,16)17;14-13(15,16)21-10-5-8(6-10)12-19-18-11(20-12)7-1-3-9(17)4-2-7;9-6-2-1-5(3-7(6)10)13-4-8(11)12;1-6-2-4-7(5-3-6)8(9)10;7-6(8,9)13-4-1-3(2-4)5(12)11-10/h5-6,9,11-13,15H,1-4,7-8,10H2,(H,27,30);8-11H,2-7H2,1H3,(H,18,20)(H,19,21);7-10H,1-6,17H2;1-3H,4H2,(H,11,12);6-7H,2-5H2,1H3,(H,9,10);3-4H,1-2,10H2,(H,11,12). The zero-order chi connectivity index (χ0) is 82.4. The van der Waals surface area contributed by atoms with E-state index in [0.29, 0.717) is 42.3 Å². The number of nitrogens with two attached hydrogens (primary N) is 2. The maximum atomic E-state index is 13.4. The summed E-state index contributed by atoms with van der Waals surface area (Å²) in [6.45, 7) is 3.60. The third-order valence-electron chi connectivity index (χ3n) is 20.2. The number of carboxylic acid groups (broad SMARTS) is 2. The van der Waals surface area contributed by atoms with Gasteiger partial charge in [0.1, 0.15) is 23.1 Å². The molecule has 4 aromatic rings. The summed E-state index contributed by atoms with van der Waals surface area (Å²) < 4.78 is 206. The molecule has 0 bridgehead atoms. The molecule has 4 amide bonds. The van der Waals surface area contributed by atoms with Crippen molar-refractivity contribution < 1.29 is 138 Å². The van der Waals surface area contributed by atoms with Crippen LogP contribution in [0, 0.1) is 47.1 Å². The SMILES string of the molecule is CC1CCC(C(=O)NNC(=O)C2CC(OC(F)(F)F)C2)CC1.CC1CCC(C(=O)O)CC1.NC1CCC(c2nnc(C3CC(OC(F)(F)F)C3)o2)CC1.NNC(=O)C1CC(OC(F)(F)F)C1.O=C(COc1ccc(Cl)c(F)c1)NC1CCC(c2nnc(C3CC(OC(F)(F)F)C3)o2)CC1.O=C(O)COc1ccc(Cl)c(F)c1. The van der Waals surface area contributed by atoms with Gasteiger partial charge in [0, 0.05) is 65.6 Å². The van der Waals surface area contributed by atoms with Gasteiger partial charge in [-0.2, -0.15) is 0 Å². The van der Waals surface area contributed by atoms with Crippen LogP contribution in [0.1, 0.15) is 215 Å². The summed E-state index contributed by atoms with van der Waals surface area (Å²) in [5.74, 6) is 2.75. The molecule has 112 heavy (non-hydrogen) atoms. The number of benzene rings is 2. The van der Waals surface area contributed by atoms with Crippen molar-refractivity contribution in [1.82, 2.24) is 42.0 Å². The summed E-state index contributed by atoms with van der Waals surface area (Å²) >= 11 is 11.0. The Morgan fingerprint density at radius 1 is 0.464 bits per heavy atom. The Morgan fingerprint density at radius 2 is 0.804 bits per heavy atom. The van der Waals surface area contributed by atoms with Crippen LogP contribution in [0.3, 0.4) is 0 Å². The number of aliphatic carboxylic acids is 2. The summed E-state index contributed by atoms with van der Waals surface area (Å²) in [7, 11) is 0. The van der Waals surface area contributed by atoms with Crippen molar-refractivity contribution in [2.75, 3.05) is 13.2 Å². The van der Waals surface area contributed by atoms with E-state index in [9.17, 15) is 90.2 Å². The summed E-state index contributed by atoms with van der Waals surface area (Å²) in [6, 6.07) is 7.90. The van der Waals surface area contributed by atoms with Crippen molar-refractivity contribution in [1.29, 1.82) is 0 Å². The molecule has 0 unspecified atom stereocenters. The molecule has 0 saturated heterocycles. The van der Waals surface area contributed by atoms with Gasteiger partial charge in [-0.25, -0.2) is 19.4 Å². The highest BCUT2D eigenvalue weighted by molar-refractivity contribution is 6.31. The van der Waals surface area contributed by atoms with Crippen LogP contribution in [-0.4, -0.2) is 141 Å². The van der Waals surface area contributed by atoms with Crippen molar-refractivity contribution in [3.8, 4) is 11.5 Å². The number of amides is 4. The van der Waals surface area contributed by atoms with Crippen molar-refractivity contribution in [3.63, 3.8) is 0 Å². The van der Waals surface area contributed by atoms with E-state index in [0.717, 1.165) is 108 Å². The molecular weight excluding hydrogens is 1570 g/mol. The average molecular weight is 1660 g/mol. The fourth-order valence-corrected chi connectivity index (χ4v) is 13.6. The van der Waals surface area contributed by atoms with Gasteiger partial charge in [0.05, 0.1) is 40.4 Å². The second-order valence-electron chi connectivity index (χ2n) is 29.0. The van der Waals surface area contributed by atoms with Gasteiger partial charge in [-0.05, 0) is 190 Å². The van der Waals surface area contributed by atoms with Crippen molar-refractivity contribution in [2.45, 2.75) is 254 Å². The molecule has 10 N–H and O–H groups in total. The third-order valence-corrected chi connectivity index (χ3v) is 20.8. The van der Waals surface area contributed by atoms with Crippen LogP contribution in [0.5, 0.6) is 11.5 Å². The predicted octanol–water partition coefficient (Wildman–Crippen LogP) is 14.1. The Kier molecular flexibility index (Phi) is 34.6. The molecule has 628 valence electrons. The quantitative estimate of drug-likeness (QED) is 0.0187. The van der Waals surface area contributed by atoms with Gasteiger partial charge < -0.3 is 39.6 Å². The average Bonchev–Trinajstić information content (AvgIpc) is 1.60. The van der Waals surface area contributed by atoms with Crippen LogP contribution in [0.4, 0.5) is 61.5 Å². The van der Waals surface area contributed by atoms with Gasteiger partial charge in [0.2, 0.25) is 41.3 Å². The lowest BCUT2D eigenvalue weighted by molar-refractivity contribution is -0.354. The van der Waals surface area contributed by atoms with E-state index in [4.69, 9.17) is 63.3 Å². The van der Waals surface area contributed by atoms with Crippen molar-refractivity contribution in [3.05, 3.63) is 81.6 Å². The highest BCUT2D eigenvalue weighted by Gasteiger charge is 2.47. The lowest BCUT2D eigenvalue weighted by atomic mass is 9.81. The maximum absolute atomic E-state index is 13.4. The fourth-order valence-electron chi connectivity index (χ4n) is 13.4. The molecule has 2 aromatic carbocycles. The number of alkyl halides is 12. The van der Waals surface area contributed by atoms with E-state index in [1.54, 1.807) is 0 Å². The first-order valence-electron chi connectivity index (χ1n) is 36.4. The van der Waals surface area contributed by atoms with Crippen LogP contribution in [0.25, 0.3) is 0 Å². The number of carboxylic acids is 2. The van der Waals surface area contributed by atoms with E-state index in [2.05, 4.69) is 69.4 Å². The van der Waals surface area contributed by atoms with E-state index >= 15 is 0 Å². The van der Waals surface area contributed by atoms with Gasteiger partial charge in [-0.3, -0.25) is 59.2 Å². The minimum atomic E-state index is -4.67. The second kappa shape index (κ2) is 42.2. The van der Waals surface area contributed by atoms with Crippen molar-refractivity contribution >= 4 is 58.8 Å². The van der Waals surface area contributed by atoms with Crippen molar-refractivity contribution in [2.24, 2.45) is 47.1 Å². The number of hydrogen-bond donors (Lipinski definition) is 8. The van der Waals surface area contributed by atoms with E-state index in [1.807, 2.05) is 5.43 Å². The van der Waals surface area contributed by atoms with Crippen LogP contribution in [0.15, 0.2) is 45.2 Å². The lowest BCUT2D eigenvalue weighted by Gasteiger charge is -2.34. The monoisotopic (exact) mass is 1660 g/mol. The number of ether oxygens (including phenoxy) is 6. The number of carbonyl (C=O) groups is 6. The highest BCUT2D eigenvalue weighted by atomic mass is 35.5. The van der Waals surface area contributed by atoms with E-state index in [1.165, 1.54) is 24.3 Å². The minimum Gasteiger partial charge on any atom is -0.484 e. The van der Waals surface area contributed by atoms with E-state index < -0.39 is 104 Å². The molecule has 0 aliphatic heterocycles. The molecule has 12 rings (SSSR count). The van der Waals surface area contributed by atoms with Crippen LogP contribution in [0.2, 0.25) is 10.0 Å². The molecule has 8 aliphatic rings. The zero-order valence-electron chi connectivity index (χ0n) is 60.7. The molecular formula is C70H90Cl2F14N10O16. The normalized spacial score (nSPS) is 27.5. The molecule has 42 heteroatoms. The molecule has 0 atom stereocenters. The molecule has 8 fully saturated rings. The number of hydrogen-bond acceptors (Lipinski definition) is 20. The van der Waals surface area contributed by atoms with Crippen LogP contribution < -0.4 is 42.6 Å². The first kappa shape index (κ1) is 91.7. The Morgan fingerprint density at radius 3 is 1.16 bits per heavy atom. The molecule has 8 saturated carbocycles. The molecule has 0 radical (unpaired) electrons. The lowest BCUT2D eigenvalue weighted by Crippen LogP contribution is -2.51. The molecule has 2 heterocycles. The first-order valence-corrected chi connectivity index (χ1v) is 37.2. The summed E-state index contributed by atoms with van der Waals surface area (Å²) in [5, 5.41) is 35.8. The van der Waals surface area contributed by atoms with Gasteiger partial charge >= 0.3 is 37.4 Å². The first-order chi connectivity index (χ1) is 52.5. The number of nitrogens with zero attached hydrogens (tertiary/aromatic N) is 4. The smallest absolute Gasteiger partial charge is 0.484 e. The number of halogens is 16. The van der Waals surface area contributed by atoms with Crippen LogP contribution in [-0.2, 0) is 47.7 Å². The van der Waals surface area contributed by atoms with Gasteiger partial charge in [0.15, 0.2) is 13.2 Å². The number of carbonyl (C=O) groups excluding carboxylic acids is 4. The number of rotatable bonds is 19. The Labute approximate surface area is 643 Å². The molecule has 26 nitrogen and oxygen atoms in total.